The summed E-state index contributed by atoms with van der Waals surface area (Å²) in [7, 11) is 0. The van der Waals surface area contributed by atoms with Gasteiger partial charge in [-0.15, -0.1) is 0 Å². The van der Waals surface area contributed by atoms with E-state index in [0.717, 1.165) is 18.7 Å². The lowest BCUT2D eigenvalue weighted by molar-refractivity contribution is 0.321. The van der Waals surface area contributed by atoms with Crippen LogP contribution in [0.1, 0.15) is 27.2 Å². The van der Waals surface area contributed by atoms with E-state index in [9.17, 15) is 4.39 Å². The molecule has 2 rings (SSSR count). The molecule has 18 heavy (non-hydrogen) atoms. The van der Waals surface area contributed by atoms with Crippen molar-refractivity contribution < 1.29 is 9.13 Å². The summed E-state index contributed by atoms with van der Waals surface area (Å²) in [5, 5.41) is 0. The number of anilines is 2. The van der Waals surface area contributed by atoms with Crippen molar-refractivity contribution in [2.75, 3.05) is 23.8 Å². The molecule has 1 aliphatic rings. The molecule has 100 valence electrons. The van der Waals surface area contributed by atoms with Crippen molar-refractivity contribution in [2.45, 2.75) is 33.2 Å². The maximum atomic E-state index is 13.7. The van der Waals surface area contributed by atoms with Gasteiger partial charge >= 0.3 is 0 Å². The summed E-state index contributed by atoms with van der Waals surface area (Å²) in [4.78, 5) is 2.24. The molecular weight excluding hydrogens is 231 g/mol. The van der Waals surface area contributed by atoms with E-state index >= 15 is 0 Å². The third-order valence-corrected chi connectivity index (χ3v) is 3.47. The van der Waals surface area contributed by atoms with E-state index in [1.165, 1.54) is 6.07 Å². The first-order valence-electron chi connectivity index (χ1n) is 6.51. The van der Waals surface area contributed by atoms with Crippen molar-refractivity contribution in [3.63, 3.8) is 0 Å². The Hall–Kier alpha value is -1.45. The number of hydrogen-bond acceptors (Lipinski definition) is 3. The van der Waals surface area contributed by atoms with Crippen molar-refractivity contribution in [2.24, 2.45) is 5.92 Å². The number of halogens is 1. The molecule has 1 saturated heterocycles. The van der Waals surface area contributed by atoms with Gasteiger partial charge in [0.05, 0.1) is 18.0 Å². The summed E-state index contributed by atoms with van der Waals surface area (Å²) in [5.41, 5.74) is 7.31. The molecule has 1 fully saturated rings. The van der Waals surface area contributed by atoms with Crippen molar-refractivity contribution in [3.8, 4) is 5.75 Å². The second-order valence-corrected chi connectivity index (χ2v) is 5.12. The molecule has 0 spiro atoms. The fourth-order valence-corrected chi connectivity index (χ4v) is 2.71. The van der Waals surface area contributed by atoms with Crippen molar-refractivity contribution >= 4 is 11.4 Å². The van der Waals surface area contributed by atoms with Gasteiger partial charge in [0.25, 0.3) is 0 Å². The molecule has 0 aliphatic carbocycles. The quantitative estimate of drug-likeness (QED) is 0.840. The molecule has 0 saturated carbocycles. The maximum absolute atomic E-state index is 13.7. The lowest BCUT2D eigenvalue weighted by Crippen LogP contribution is -2.27. The van der Waals surface area contributed by atoms with Crippen molar-refractivity contribution in [3.05, 3.63) is 17.9 Å². The summed E-state index contributed by atoms with van der Waals surface area (Å²) in [6.07, 6.45) is 1.14. The predicted octanol–water partition coefficient (Wildman–Crippen LogP) is 3.04. The van der Waals surface area contributed by atoms with Crippen molar-refractivity contribution in [1.29, 1.82) is 0 Å². The fraction of sp³-hybridized carbons (Fsp3) is 0.571. The zero-order chi connectivity index (χ0) is 13.3. The van der Waals surface area contributed by atoms with Gasteiger partial charge in [0, 0.05) is 24.7 Å². The van der Waals surface area contributed by atoms with Gasteiger partial charge in [0.2, 0.25) is 0 Å². The van der Waals surface area contributed by atoms with Crippen LogP contribution in [0.4, 0.5) is 15.8 Å². The molecule has 0 aromatic heterocycles. The highest BCUT2D eigenvalue weighted by atomic mass is 19.1. The van der Waals surface area contributed by atoms with Gasteiger partial charge in [-0.25, -0.2) is 4.39 Å². The lowest BCUT2D eigenvalue weighted by atomic mass is 10.1. The van der Waals surface area contributed by atoms with Crippen LogP contribution in [0.5, 0.6) is 5.75 Å². The fourth-order valence-electron chi connectivity index (χ4n) is 2.71. The van der Waals surface area contributed by atoms with Gasteiger partial charge in [-0.05, 0) is 26.2 Å². The molecule has 0 radical (unpaired) electrons. The third kappa shape index (κ3) is 2.37. The van der Waals surface area contributed by atoms with Crippen LogP contribution in [0, 0.1) is 11.7 Å². The monoisotopic (exact) mass is 252 g/mol. The van der Waals surface area contributed by atoms with Crippen LogP contribution in [0.15, 0.2) is 12.1 Å². The van der Waals surface area contributed by atoms with Crippen molar-refractivity contribution in [1.82, 2.24) is 0 Å². The van der Waals surface area contributed by atoms with E-state index in [1.807, 2.05) is 6.92 Å². The zero-order valence-corrected chi connectivity index (χ0v) is 11.2. The molecule has 1 heterocycles. The number of hydrogen-bond donors (Lipinski definition) is 1. The Balaban J connectivity index is 2.35. The smallest absolute Gasteiger partial charge is 0.167 e. The summed E-state index contributed by atoms with van der Waals surface area (Å²) in [6.45, 7) is 7.65. The maximum Gasteiger partial charge on any atom is 0.167 e. The number of rotatable bonds is 3. The number of ether oxygens (including phenoxy) is 1. The molecule has 0 bridgehead atoms. The van der Waals surface area contributed by atoms with E-state index in [2.05, 4.69) is 18.7 Å². The van der Waals surface area contributed by atoms with Gasteiger partial charge in [-0.1, -0.05) is 6.92 Å². The lowest BCUT2D eigenvalue weighted by Gasteiger charge is -2.26. The van der Waals surface area contributed by atoms with E-state index in [1.54, 1.807) is 6.07 Å². The minimum absolute atomic E-state index is 0.286. The first kappa shape index (κ1) is 13.0. The van der Waals surface area contributed by atoms with Crippen LogP contribution in [0.2, 0.25) is 0 Å². The van der Waals surface area contributed by atoms with Gasteiger partial charge in [0.15, 0.2) is 11.6 Å². The van der Waals surface area contributed by atoms with E-state index in [-0.39, 0.29) is 5.75 Å². The summed E-state index contributed by atoms with van der Waals surface area (Å²) in [6, 6.07) is 3.51. The molecule has 1 aliphatic heterocycles. The zero-order valence-electron chi connectivity index (χ0n) is 11.2. The van der Waals surface area contributed by atoms with Crippen LogP contribution in [0.3, 0.4) is 0 Å². The highest BCUT2D eigenvalue weighted by molar-refractivity contribution is 5.70. The van der Waals surface area contributed by atoms with E-state index < -0.39 is 5.82 Å². The minimum atomic E-state index is -0.391. The SMILES string of the molecule is CCOc1cc(N2CC(C)CC2C)c(N)cc1F. The number of nitrogens with zero attached hydrogens (tertiary/aromatic N) is 1. The number of nitrogen functional groups attached to an aromatic ring is 1. The first-order valence-corrected chi connectivity index (χ1v) is 6.51. The predicted molar refractivity (Wildman–Crippen MR) is 72.6 cm³/mol. The average molecular weight is 252 g/mol. The Kier molecular flexibility index (Phi) is 3.64. The number of benzene rings is 1. The largest absolute Gasteiger partial charge is 0.491 e. The molecule has 0 amide bonds. The van der Waals surface area contributed by atoms with E-state index in [4.69, 9.17) is 10.5 Å². The topological polar surface area (TPSA) is 38.5 Å². The molecule has 4 heteroatoms. The second kappa shape index (κ2) is 5.04. The molecule has 3 nitrogen and oxygen atoms in total. The third-order valence-electron chi connectivity index (χ3n) is 3.47. The van der Waals surface area contributed by atoms with E-state index in [0.29, 0.717) is 24.3 Å². The molecular formula is C14H21FN2O. The summed E-state index contributed by atoms with van der Waals surface area (Å²) in [5.74, 6) is 0.534. The van der Waals surface area contributed by atoms with Crippen LogP contribution in [-0.2, 0) is 0 Å². The standard InChI is InChI=1S/C14H21FN2O/c1-4-18-14-7-13(12(16)6-11(14)15)17-8-9(2)5-10(17)3/h6-7,9-10H,4-5,8,16H2,1-3H3. The second-order valence-electron chi connectivity index (χ2n) is 5.12. The molecule has 2 atom stereocenters. The Morgan fingerprint density at radius 2 is 2.17 bits per heavy atom. The van der Waals surface area contributed by atoms with Crippen LogP contribution in [0.25, 0.3) is 0 Å². The summed E-state index contributed by atoms with van der Waals surface area (Å²) < 4.78 is 19.0. The van der Waals surface area contributed by atoms with Crippen LogP contribution >= 0.6 is 0 Å². The minimum Gasteiger partial charge on any atom is -0.491 e. The highest BCUT2D eigenvalue weighted by Crippen LogP contribution is 2.36. The van der Waals surface area contributed by atoms with Crippen LogP contribution < -0.4 is 15.4 Å². The molecule has 1 aromatic carbocycles. The Labute approximate surface area is 108 Å². The first-order chi connectivity index (χ1) is 8.52. The van der Waals surface area contributed by atoms with Gasteiger partial charge in [0.1, 0.15) is 0 Å². The molecule has 1 aromatic rings. The van der Waals surface area contributed by atoms with Gasteiger partial charge in [-0.2, -0.15) is 0 Å². The average Bonchev–Trinajstić information content (AvgIpc) is 2.62. The highest BCUT2D eigenvalue weighted by Gasteiger charge is 2.28. The Bertz CT molecular complexity index is 436. The molecule has 2 unspecified atom stereocenters. The normalized spacial score (nSPS) is 23.4. The Morgan fingerprint density at radius 3 is 2.72 bits per heavy atom. The molecule has 2 N–H and O–H groups in total. The van der Waals surface area contributed by atoms with Gasteiger partial charge in [-0.3, -0.25) is 0 Å². The Morgan fingerprint density at radius 1 is 1.44 bits per heavy atom. The van der Waals surface area contributed by atoms with Gasteiger partial charge < -0.3 is 15.4 Å². The summed E-state index contributed by atoms with van der Waals surface area (Å²) >= 11 is 0. The number of nitrogens with two attached hydrogens (primary N) is 1. The van der Waals surface area contributed by atoms with Crippen LogP contribution in [-0.4, -0.2) is 19.2 Å².